The number of rotatable bonds is 4. The van der Waals surface area contributed by atoms with Crippen molar-refractivity contribution >= 4 is 0 Å². The molecule has 1 fully saturated rings. The molecule has 1 N–H and O–H groups in total. The van der Waals surface area contributed by atoms with Crippen molar-refractivity contribution in [1.29, 1.82) is 0 Å². The van der Waals surface area contributed by atoms with Crippen LogP contribution in [0, 0.1) is 6.92 Å². The molecule has 1 aliphatic rings. The summed E-state index contributed by atoms with van der Waals surface area (Å²) in [6.45, 7) is 3.10. The Kier molecular flexibility index (Phi) is 3.38. The fourth-order valence-corrected chi connectivity index (χ4v) is 2.81. The first-order valence-electron chi connectivity index (χ1n) is 6.98. The predicted molar refractivity (Wildman–Crippen MR) is 77.0 cm³/mol. The van der Waals surface area contributed by atoms with E-state index in [-0.39, 0.29) is 0 Å². The molecule has 0 aliphatic heterocycles. The second-order valence-corrected chi connectivity index (χ2v) is 5.68. The molecule has 100 valence electrons. The molecule has 1 heterocycles. The van der Waals surface area contributed by atoms with Gasteiger partial charge in [0.2, 0.25) is 0 Å². The maximum atomic E-state index is 4.19. The number of nitrogens with one attached hydrogen (secondary N) is 1. The SMILES string of the molecule is Cc1cccc(C2CC(NCc3cnn(C)c3)C2)c1. The van der Waals surface area contributed by atoms with Gasteiger partial charge in [0.15, 0.2) is 0 Å². The highest BCUT2D eigenvalue weighted by atomic mass is 15.2. The van der Waals surface area contributed by atoms with E-state index >= 15 is 0 Å². The summed E-state index contributed by atoms with van der Waals surface area (Å²) in [4.78, 5) is 0. The Hall–Kier alpha value is -1.61. The number of benzene rings is 1. The molecule has 0 radical (unpaired) electrons. The Morgan fingerprint density at radius 1 is 1.37 bits per heavy atom. The number of hydrogen-bond acceptors (Lipinski definition) is 2. The monoisotopic (exact) mass is 255 g/mol. The molecule has 3 nitrogen and oxygen atoms in total. The minimum Gasteiger partial charge on any atom is -0.310 e. The van der Waals surface area contributed by atoms with Gasteiger partial charge in [-0.15, -0.1) is 0 Å². The highest BCUT2D eigenvalue weighted by molar-refractivity contribution is 5.27. The first-order valence-corrected chi connectivity index (χ1v) is 6.98. The molecule has 0 bridgehead atoms. The van der Waals surface area contributed by atoms with Crippen molar-refractivity contribution in [2.75, 3.05) is 0 Å². The molecule has 3 heteroatoms. The maximum absolute atomic E-state index is 4.19. The molecule has 1 aromatic carbocycles. The molecule has 1 aliphatic carbocycles. The zero-order valence-corrected chi connectivity index (χ0v) is 11.6. The van der Waals surface area contributed by atoms with E-state index in [9.17, 15) is 0 Å². The minimum absolute atomic E-state index is 0.658. The predicted octanol–water partition coefficient (Wildman–Crippen LogP) is 2.76. The lowest BCUT2D eigenvalue weighted by Crippen LogP contribution is -2.39. The summed E-state index contributed by atoms with van der Waals surface area (Å²) in [6, 6.07) is 9.57. The van der Waals surface area contributed by atoms with Crippen LogP contribution < -0.4 is 5.32 Å². The molecular weight excluding hydrogens is 234 g/mol. The molecular formula is C16H21N3. The van der Waals surface area contributed by atoms with E-state index in [4.69, 9.17) is 0 Å². The summed E-state index contributed by atoms with van der Waals surface area (Å²) >= 11 is 0. The number of hydrogen-bond donors (Lipinski definition) is 1. The Bertz CT molecular complexity index is 553. The summed E-state index contributed by atoms with van der Waals surface area (Å²) in [7, 11) is 1.96. The van der Waals surface area contributed by atoms with Crippen molar-refractivity contribution < 1.29 is 0 Å². The zero-order chi connectivity index (χ0) is 13.2. The van der Waals surface area contributed by atoms with Crippen LogP contribution in [0.4, 0.5) is 0 Å². The summed E-state index contributed by atoms with van der Waals surface area (Å²) in [5.74, 6) is 0.742. The summed E-state index contributed by atoms with van der Waals surface area (Å²) < 4.78 is 1.85. The molecule has 19 heavy (non-hydrogen) atoms. The van der Waals surface area contributed by atoms with Gasteiger partial charge in [0.1, 0.15) is 0 Å². The molecule has 1 saturated carbocycles. The molecule has 0 spiro atoms. The number of nitrogens with zero attached hydrogens (tertiary/aromatic N) is 2. The summed E-state index contributed by atoms with van der Waals surface area (Å²) in [6.07, 6.45) is 6.51. The van der Waals surface area contributed by atoms with Crippen LogP contribution in [0.5, 0.6) is 0 Å². The third kappa shape index (κ3) is 2.87. The lowest BCUT2D eigenvalue weighted by atomic mass is 9.75. The molecule has 0 unspecified atom stereocenters. The first kappa shape index (κ1) is 12.4. The third-order valence-electron chi connectivity index (χ3n) is 4.00. The first-order chi connectivity index (χ1) is 9.20. The van der Waals surface area contributed by atoms with Crippen LogP contribution >= 0.6 is 0 Å². The van der Waals surface area contributed by atoms with Gasteiger partial charge in [-0.3, -0.25) is 4.68 Å². The largest absolute Gasteiger partial charge is 0.310 e. The standard InChI is InChI=1S/C16H21N3/c1-12-4-3-5-14(6-12)15-7-16(8-15)17-9-13-10-18-19(2)11-13/h3-6,10-11,15-17H,7-9H2,1-2H3. The summed E-state index contributed by atoms with van der Waals surface area (Å²) in [5.41, 5.74) is 4.13. The Morgan fingerprint density at radius 2 is 2.21 bits per heavy atom. The summed E-state index contributed by atoms with van der Waals surface area (Å²) in [5, 5.41) is 7.80. The molecule has 2 aromatic rings. The van der Waals surface area contributed by atoms with Crippen LogP contribution in [0.2, 0.25) is 0 Å². The topological polar surface area (TPSA) is 29.9 Å². The number of aryl methyl sites for hydroxylation is 2. The minimum atomic E-state index is 0.658. The van der Waals surface area contributed by atoms with Crippen molar-refractivity contribution in [3.8, 4) is 0 Å². The van der Waals surface area contributed by atoms with E-state index in [1.165, 1.54) is 29.5 Å². The van der Waals surface area contributed by atoms with E-state index in [1.54, 1.807) is 0 Å². The Morgan fingerprint density at radius 3 is 2.89 bits per heavy atom. The molecule has 1 aromatic heterocycles. The van der Waals surface area contributed by atoms with Crippen molar-refractivity contribution in [1.82, 2.24) is 15.1 Å². The van der Waals surface area contributed by atoms with E-state index < -0.39 is 0 Å². The molecule has 0 amide bonds. The highest BCUT2D eigenvalue weighted by Gasteiger charge is 2.29. The van der Waals surface area contributed by atoms with Crippen LogP contribution in [-0.4, -0.2) is 15.8 Å². The van der Waals surface area contributed by atoms with Gasteiger partial charge in [-0.05, 0) is 31.2 Å². The van der Waals surface area contributed by atoms with Gasteiger partial charge in [0.05, 0.1) is 6.20 Å². The average Bonchev–Trinajstić information content (AvgIpc) is 2.73. The van der Waals surface area contributed by atoms with Gasteiger partial charge in [-0.2, -0.15) is 5.10 Å². The van der Waals surface area contributed by atoms with Gasteiger partial charge in [0.25, 0.3) is 0 Å². The van der Waals surface area contributed by atoms with E-state index in [0.29, 0.717) is 6.04 Å². The maximum Gasteiger partial charge on any atom is 0.0534 e. The third-order valence-corrected chi connectivity index (χ3v) is 4.00. The van der Waals surface area contributed by atoms with Crippen LogP contribution in [0.1, 0.15) is 35.4 Å². The Labute approximate surface area is 114 Å². The van der Waals surface area contributed by atoms with Crippen LogP contribution in [0.15, 0.2) is 36.7 Å². The van der Waals surface area contributed by atoms with Crippen LogP contribution in [-0.2, 0) is 13.6 Å². The van der Waals surface area contributed by atoms with E-state index in [0.717, 1.165) is 12.5 Å². The van der Waals surface area contributed by atoms with Crippen molar-refractivity contribution in [3.63, 3.8) is 0 Å². The fraction of sp³-hybridized carbons (Fsp3) is 0.438. The smallest absolute Gasteiger partial charge is 0.0534 e. The fourth-order valence-electron chi connectivity index (χ4n) is 2.81. The Balaban J connectivity index is 1.48. The van der Waals surface area contributed by atoms with Gasteiger partial charge >= 0.3 is 0 Å². The van der Waals surface area contributed by atoms with Crippen molar-refractivity contribution in [2.24, 2.45) is 7.05 Å². The van der Waals surface area contributed by atoms with Crippen LogP contribution in [0.25, 0.3) is 0 Å². The van der Waals surface area contributed by atoms with E-state index in [2.05, 4.69) is 47.8 Å². The highest BCUT2D eigenvalue weighted by Crippen LogP contribution is 2.37. The zero-order valence-electron chi connectivity index (χ0n) is 11.6. The van der Waals surface area contributed by atoms with Gasteiger partial charge in [-0.25, -0.2) is 0 Å². The number of aromatic nitrogens is 2. The lowest BCUT2D eigenvalue weighted by molar-refractivity contribution is 0.289. The quantitative estimate of drug-likeness (QED) is 0.910. The van der Waals surface area contributed by atoms with Crippen molar-refractivity contribution in [3.05, 3.63) is 53.3 Å². The lowest BCUT2D eigenvalue weighted by Gasteiger charge is -2.36. The van der Waals surface area contributed by atoms with Gasteiger partial charge < -0.3 is 5.32 Å². The molecule has 0 atom stereocenters. The van der Waals surface area contributed by atoms with E-state index in [1.807, 2.05) is 17.9 Å². The van der Waals surface area contributed by atoms with Gasteiger partial charge in [0, 0.05) is 31.4 Å². The second-order valence-electron chi connectivity index (χ2n) is 5.68. The molecule has 3 rings (SSSR count). The van der Waals surface area contributed by atoms with Gasteiger partial charge in [-0.1, -0.05) is 29.8 Å². The average molecular weight is 255 g/mol. The molecule has 0 saturated heterocycles. The van der Waals surface area contributed by atoms with Crippen molar-refractivity contribution in [2.45, 2.75) is 38.3 Å². The second kappa shape index (κ2) is 5.17. The normalized spacial score (nSPS) is 22.2. The van der Waals surface area contributed by atoms with Crippen LogP contribution in [0.3, 0.4) is 0 Å².